The number of nitrogens with two attached hydrogens (primary N) is 2. The van der Waals surface area contributed by atoms with E-state index in [1.54, 1.807) is 0 Å². The van der Waals surface area contributed by atoms with E-state index in [4.69, 9.17) is 25.2 Å². The third-order valence-corrected chi connectivity index (χ3v) is 12.3. The molecule has 0 aliphatic carbocycles. The number of aromatic amines is 1. The van der Waals surface area contributed by atoms with E-state index in [1.165, 1.54) is 11.1 Å². The van der Waals surface area contributed by atoms with Gasteiger partial charge >= 0.3 is 12.7 Å². The van der Waals surface area contributed by atoms with Crippen LogP contribution in [-0.4, -0.2) is 59.9 Å². The van der Waals surface area contributed by atoms with Crippen LogP contribution in [0.15, 0.2) is 94.1 Å². The SMILES string of the molecule is Cc1c(CC(=O)N2CCC(c3cccc(CN)c3)CC2)c(=O)oc2c3c(ccc12)OB(c1cccc2[nH]c(C(=O)N4CCC(c5cccc(CN)c5)CC4)cc12)O3. The van der Waals surface area contributed by atoms with Crippen LogP contribution in [0.3, 0.4) is 0 Å². The highest BCUT2D eigenvalue weighted by molar-refractivity contribution is 6.66. The smallest absolute Gasteiger partial charge is 0.519 e. The van der Waals surface area contributed by atoms with Crippen LogP contribution in [-0.2, 0) is 24.3 Å². The maximum Gasteiger partial charge on any atom is 0.633 e. The van der Waals surface area contributed by atoms with E-state index in [1.807, 2.05) is 71.3 Å². The van der Waals surface area contributed by atoms with Crippen molar-refractivity contribution in [2.24, 2.45) is 11.5 Å². The van der Waals surface area contributed by atoms with Crippen molar-refractivity contribution in [3.8, 4) is 11.5 Å². The van der Waals surface area contributed by atoms with E-state index in [0.717, 1.165) is 53.2 Å². The fourth-order valence-corrected chi connectivity index (χ4v) is 8.95. The molecule has 290 valence electrons. The lowest BCUT2D eigenvalue weighted by atomic mass is 9.77. The molecule has 0 atom stereocenters. The van der Waals surface area contributed by atoms with Crippen molar-refractivity contribution < 1.29 is 23.3 Å². The number of amides is 2. The molecule has 9 rings (SSSR count). The molecule has 0 spiro atoms. The zero-order valence-electron chi connectivity index (χ0n) is 32.1. The number of piperidine rings is 2. The molecule has 2 aromatic heterocycles. The second-order valence-corrected chi connectivity index (χ2v) is 15.6. The van der Waals surface area contributed by atoms with Gasteiger partial charge in [-0.15, -0.1) is 0 Å². The lowest BCUT2D eigenvalue weighted by Gasteiger charge is -2.32. The number of fused-ring (bicyclic) bond motifs is 4. The summed E-state index contributed by atoms with van der Waals surface area (Å²) in [5.41, 5.74) is 19.3. The molecule has 3 aliphatic rings. The Hall–Kier alpha value is -5.85. The van der Waals surface area contributed by atoms with Crippen molar-refractivity contribution in [3.05, 3.63) is 134 Å². The largest absolute Gasteiger partial charge is 0.633 e. The van der Waals surface area contributed by atoms with Crippen LogP contribution in [0.2, 0.25) is 0 Å². The first-order valence-electron chi connectivity index (χ1n) is 20.0. The summed E-state index contributed by atoms with van der Waals surface area (Å²) in [5, 5.41) is 1.49. The summed E-state index contributed by atoms with van der Waals surface area (Å²) in [4.78, 5) is 47.9. The number of hydrogen-bond acceptors (Lipinski definition) is 8. The van der Waals surface area contributed by atoms with E-state index < -0.39 is 12.7 Å². The van der Waals surface area contributed by atoms with Gasteiger partial charge in [0.15, 0.2) is 11.3 Å². The number of carbonyl (C=O) groups is 2. The minimum atomic E-state index is -0.833. The molecule has 0 unspecified atom stereocenters. The molecule has 2 fully saturated rings. The van der Waals surface area contributed by atoms with Gasteiger partial charge in [0.05, 0.1) is 12.0 Å². The summed E-state index contributed by atoms with van der Waals surface area (Å²) in [6.07, 6.45) is 3.45. The van der Waals surface area contributed by atoms with Crippen molar-refractivity contribution in [1.82, 2.24) is 14.8 Å². The Kier molecular flexibility index (Phi) is 9.84. The highest BCUT2D eigenvalue weighted by atomic mass is 16.6. The van der Waals surface area contributed by atoms with Crippen LogP contribution in [0.25, 0.3) is 21.9 Å². The van der Waals surface area contributed by atoms with Gasteiger partial charge in [-0.25, -0.2) is 4.79 Å². The van der Waals surface area contributed by atoms with E-state index in [9.17, 15) is 14.4 Å². The number of likely N-dealkylation sites (tertiary alicyclic amines) is 2. The number of aromatic nitrogens is 1. The monoisotopic (exact) mass is 763 g/mol. The average Bonchev–Trinajstić information content (AvgIpc) is 3.90. The topological polar surface area (TPSA) is 157 Å². The maximum absolute atomic E-state index is 13.8. The van der Waals surface area contributed by atoms with Crippen molar-refractivity contribution in [2.45, 2.75) is 64.0 Å². The highest BCUT2D eigenvalue weighted by Gasteiger charge is 2.39. The number of hydrogen-bond donors (Lipinski definition) is 3. The molecule has 12 heteroatoms. The third-order valence-electron chi connectivity index (χ3n) is 12.3. The molecule has 2 saturated heterocycles. The van der Waals surface area contributed by atoms with Gasteiger partial charge < -0.3 is 40.0 Å². The fraction of sp³-hybridized carbons (Fsp3) is 0.311. The average molecular weight is 764 g/mol. The maximum atomic E-state index is 13.8. The van der Waals surface area contributed by atoms with Crippen molar-refractivity contribution in [1.29, 1.82) is 0 Å². The molecule has 5 heterocycles. The summed E-state index contributed by atoms with van der Waals surface area (Å²) in [6, 6.07) is 28.1. The minimum Gasteiger partial charge on any atom is -0.519 e. The second kappa shape index (κ2) is 15.2. The highest BCUT2D eigenvalue weighted by Crippen LogP contribution is 2.41. The number of nitrogens with one attached hydrogen (secondary N) is 1. The molecule has 57 heavy (non-hydrogen) atoms. The first kappa shape index (κ1) is 36.8. The predicted molar refractivity (Wildman–Crippen MR) is 221 cm³/mol. The fourth-order valence-electron chi connectivity index (χ4n) is 8.95. The number of aryl methyl sites for hydroxylation is 1. The quantitative estimate of drug-likeness (QED) is 0.133. The van der Waals surface area contributed by atoms with Gasteiger partial charge in [-0.05, 0) is 96.5 Å². The Labute approximate surface area is 331 Å². The van der Waals surface area contributed by atoms with Gasteiger partial charge in [-0.3, -0.25) is 9.59 Å². The number of nitrogens with zero attached hydrogens (tertiary/aromatic N) is 2. The lowest BCUT2D eigenvalue weighted by Crippen LogP contribution is -2.39. The minimum absolute atomic E-state index is 0.0360. The molecule has 5 N–H and O–H groups in total. The van der Waals surface area contributed by atoms with Crippen LogP contribution in [0, 0.1) is 6.92 Å². The normalized spacial score (nSPS) is 16.2. The molecule has 0 radical (unpaired) electrons. The van der Waals surface area contributed by atoms with Gasteiger partial charge in [0.2, 0.25) is 5.91 Å². The third kappa shape index (κ3) is 6.97. The first-order chi connectivity index (χ1) is 27.8. The van der Waals surface area contributed by atoms with Gasteiger partial charge in [0.1, 0.15) is 11.4 Å². The van der Waals surface area contributed by atoms with Gasteiger partial charge in [0.25, 0.3) is 5.91 Å². The van der Waals surface area contributed by atoms with Crippen LogP contribution >= 0.6 is 0 Å². The molecule has 11 nitrogen and oxygen atoms in total. The summed E-state index contributed by atoms with van der Waals surface area (Å²) in [7, 11) is -0.833. The Morgan fingerprint density at radius 3 is 2.05 bits per heavy atom. The van der Waals surface area contributed by atoms with Gasteiger partial charge in [-0.1, -0.05) is 60.7 Å². The first-order valence-corrected chi connectivity index (χ1v) is 20.0. The number of rotatable bonds is 8. The van der Waals surface area contributed by atoms with Crippen molar-refractivity contribution in [2.75, 3.05) is 26.2 Å². The molecule has 2 amide bonds. The van der Waals surface area contributed by atoms with E-state index >= 15 is 0 Å². The Morgan fingerprint density at radius 1 is 0.772 bits per heavy atom. The zero-order valence-corrected chi connectivity index (χ0v) is 32.1. The zero-order chi connectivity index (χ0) is 39.2. The van der Waals surface area contributed by atoms with E-state index in [-0.39, 0.29) is 23.8 Å². The summed E-state index contributed by atoms with van der Waals surface area (Å²) < 4.78 is 18.6. The molecule has 0 saturated carbocycles. The number of carbonyl (C=O) groups excluding carboxylic acids is 2. The number of H-pyrrole nitrogens is 1. The Bertz CT molecular complexity index is 2570. The van der Waals surface area contributed by atoms with E-state index in [0.29, 0.717) is 84.8 Å². The van der Waals surface area contributed by atoms with Gasteiger partial charge in [0, 0.05) is 61.0 Å². The molecule has 6 aromatic rings. The standard InChI is InChI=1S/C45H46BN5O6/c1-27-34-11-12-40-43(42(34)55-45(54)35(27)24-41(52)50-17-13-30(14-18-50)32-7-2-5-28(21-32)25-47)57-46(56-40)37-9-4-10-38-36(37)23-39(49-38)44(53)51-19-15-31(16-20-51)33-8-3-6-29(22-33)26-48/h2-12,21-23,30-31,49H,13-20,24-26,47-48H2,1H3. The summed E-state index contributed by atoms with van der Waals surface area (Å²) >= 11 is 0. The lowest BCUT2D eigenvalue weighted by molar-refractivity contribution is -0.131. The molecule has 0 bridgehead atoms. The van der Waals surface area contributed by atoms with Gasteiger partial charge in [-0.2, -0.15) is 0 Å². The predicted octanol–water partition coefficient (Wildman–Crippen LogP) is 5.64. The van der Waals surface area contributed by atoms with Crippen LogP contribution < -0.4 is 31.9 Å². The van der Waals surface area contributed by atoms with Crippen molar-refractivity contribution >= 4 is 46.3 Å². The molecule has 3 aliphatic heterocycles. The number of benzene rings is 4. The van der Waals surface area contributed by atoms with Crippen LogP contribution in [0.4, 0.5) is 0 Å². The molecular formula is C45H46BN5O6. The van der Waals surface area contributed by atoms with Crippen molar-refractivity contribution in [3.63, 3.8) is 0 Å². The molecular weight excluding hydrogens is 717 g/mol. The summed E-state index contributed by atoms with van der Waals surface area (Å²) in [5.74, 6) is 1.41. The Morgan fingerprint density at radius 2 is 1.40 bits per heavy atom. The van der Waals surface area contributed by atoms with E-state index in [2.05, 4.69) is 35.3 Å². The van der Waals surface area contributed by atoms with Crippen LogP contribution in [0.5, 0.6) is 11.5 Å². The molecule has 4 aromatic carbocycles. The van der Waals surface area contributed by atoms with Crippen LogP contribution in [0.1, 0.15) is 81.4 Å². The summed E-state index contributed by atoms with van der Waals surface area (Å²) in [6.45, 7) is 5.45. The Balaban J connectivity index is 0.886. The second-order valence-electron chi connectivity index (χ2n) is 15.6.